The van der Waals surface area contributed by atoms with Crippen LogP contribution >= 0.6 is 27.5 Å². The SMILES string of the molecule is CCNCC1CCN(c2c(Cl)cc(F)cc2Br)C1. The third kappa shape index (κ3) is 3.16. The zero-order chi connectivity index (χ0) is 13.1. The number of nitrogens with zero attached hydrogens (tertiary/aromatic N) is 1. The normalized spacial score (nSPS) is 19.6. The van der Waals surface area contributed by atoms with Gasteiger partial charge in [0.15, 0.2) is 0 Å². The number of hydrogen-bond acceptors (Lipinski definition) is 2. The highest BCUT2D eigenvalue weighted by Gasteiger charge is 2.25. The number of hydrogen-bond donors (Lipinski definition) is 1. The zero-order valence-corrected chi connectivity index (χ0v) is 12.7. The van der Waals surface area contributed by atoms with Crippen molar-refractivity contribution in [3.8, 4) is 0 Å². The maximum Gasteiger partial charge on any atom is 0.125 e. The Bertz CT molecular complexity index is 404. The molecule has 1 aromatic rings. The Morgan fingerprint density at radius 2 is 2.33 bits per heavy atom. The molecule has 100 valence electrons. The van der Waals surface area contributed by atoms with Crippen molar-refractivity contribution in [3.63, 3.8) is 0 Å². The molecule has 0 aliphatic carbocycles. The summed E-state index contributed by atoms with van der Waals surface area (Å²) in [4.78, 5) is 2.23. The van der Waals surface area contributed by atoms with Gasteiger partial charge in [-0.05, 0) is 53.5 Å². The Labute approximate surface area is 121 Å². The standard InChI is InChI=1S/C13H17BrClFN2/c1-2-17-7-9-3-4-18(8-9)13-11(14)5-10(16)6-12(13)15/h5-6,9,17H,2-4,7-8H2,1H3. The summed E-state index contributed by atoms with van der Waals surface area (Å²) in [6.07, 6.45) is 1.15. The first kappa shape index (κ1) is 14.1. The van der Waals surface area contributed by atoms with Gasteiger partial charge in [-0.25, -0.2) is 4.39 Å². The van der Waals surface area contributed by atoms with Crippen molar-refractivity contribution in [2.45, 2.75) is 13.3 Å². The van der Waals surface area contributed by atoms with Crippen molar-refractivity contribution in [2.75, 3.05) is 31.1 Å². The second-order valence-corrected chi connectivity index (χ2v) is 5.89. The molecule has 2 nitrogen and oxygen atoms in total. The van der Waals surface area contributed by atoms with E-state index >= 15 is 0 Å². The third-order valence-electron chi connectivity index (χ3n) is 3.27. The fourth-order valence-electron chi connectivity index (χ4n) is 2.39. The Morgan fingerprint density at radius 1 is 1.56 bits per heavy atom. The van der Waals surface area contributed by atoms with Crippen LogP contribution in [0.1, 0.15) is 13.3 Å². The summed E-state index contributed by atoms with van der Waals surface area (Å²) in [5.74, 6) is 0.331. The van der Waals surface area contributed by atoms with Crippen molar-refractivity contribution in [3.05, 3.63) is 27.4 Å². The van der Waals surface area contributed by atoms with Crippen LogP contribution in [0, 0.1) is 11.7 Å². The van der Waals surface area contributed by atoms with Crippen molar-refractivity contribution < 1.29 is 4.39 Å². The van der Waals surface area contributed by atoms with Gasteiger partial charge < -0.3 is 10.2 Å². The zero-order valence-electron chi connectivity index (χ0n) is 10.3. The van der Waals surface area contributed by atoms with Gasteiger partial charge in [-0.1, -0.05) is 18.5 Å². The second-order valence-electron chi connectivity index (χ2n) is 4.63. The predicted octanol–water partition coefficient (Wildman–Crippen LogP) is 3.68. The van der Waals surface area contributed by atoms with Gasteiger partial charge in [0, 0.05) is 17.6 Å². The van der Waals surface area contributed by atoms with Crippen molar-refractivity contribution in [1.29, 1.82) is 0 Å². The molecule has 1 aliphatic rings. The first-order chi connectivity index (χ1) is 8.61. The molecule has 1 atom stereocenters. The van der Waals surface area contributed by atoms with Crippen LogP contribution in [0.3, 0.4) is 0 Å². The van der Waals surface area contributed by atoms with Crippen LogP contribution in [-0.4, -0.2) is 26.2 Å². The summed E-state index contributed by atoms with van der Waals surface area (Å²) in [6.45, 7) is 6.08. The molecule has 0 aromatic heterocycles. The Morgan fingerprint density at radius 3 is 3.00 bits per heavy atom. The highest BCUT2D eigenvalue weighted by molar-refractivity contribution is 9.10. The van der Waals surface area contributed by atoms with Crippen LogP contribution in [-0.2, 0) is 0 Å². The molecule has 18 heavy (non-hydrogen) atoms. The number of anilines is 1. The molecule has 5 heteroatoms. The first-order valence-corrected chi connectivity index (χ1v) is 7.39. The van der Waals surface area contributed by atoms with Gasteiger partial charge >= 0.3 is 0 Å². The summed E-state index contributed by atoms with van der Waals surface area (Å²) in [6, 6.07) is 2.85. The lowest BCUT2D eigenvalue weighted by molar-refractivity contribution is 0.528. The summed E-state index contributed by atoms with van der Waals surface area (Å²) in [7, 11) is 0. The minimum absolute atomic E-state index is 0.306. The molecule has 1 saturated heterocycles. The molecule has 0 radical (unpaired) electrons. The van der Waals surface area contributed by atoms with Gasteiger partial charge in [0.25, 0.3) is 0 Å². The van der Waals surface area contributed by atoms with Crippen LogP contribution in [0.15, 0.2) is 16.6 Å². The van der Waals surface area contributed by atoms with Crippen molar-refractivity contribution in [2.24, 2.45) is 5.92 Å². The van der Waals surface area contributed by atoms with Crippen LogP contribution in [0.4, 0.5) is 10.1 Å². The molecule has 1 N–H and O–H groups in total. The Hall–Kier alpha value is -0.320. The monoisotopic (exact) mass is 334 g/mol. The smallest absolute Gasteiger partial charge is 0.125 e. The lowest BCUT2D eigenvalue weighted by Gasteiger charge is -2.21. The Kier molecular flexibility index (Phi) is 4.87. The van der Waals surface area contributed by atoms with Crippen LogP contribution < -0.4 is 10.2 Å². The quantitative estimate of drug-likeness (QED) is 0.903. The Balaban J connectivity index is 2.09. The number of nitrogens with one attached hydrogen (secondary N) is 1. The van der Waals surface area contributed by atoms with Gasteiger partial charge in [-0.3, -0.25) is 0 Å². The van der Waals surface area contributed by atoms with Crippen LogP contribution in [0.5, 0.6) is 0 Å². The fraction of sp³-hybridized carbons (Fsp3) is 0.538. The average Bonchev–Trinajstić information content (AvgIpc) is 2.73. The summed E-state index contributed by atoms with van der Waals surface area (Å²) < 4.78 is 13.9. The van der Waals surface area contributed by atoms with E-state index in [1.165, 1.54) is 12.1 Å². The molecular weight excluding hydrogens is 319 g/mol. The average molecular weight is 336 g/mol. The van der Waals surface area contributed by atoms with E-state index in [0.29, 0.717) is 10.9 Å². The minimum Gasteiger partial charge on any atom is -0.369 e. The summed E-state index contributed by atoms with van der Waals surface area (Å²) >= 11 is 9.54. The van der Waals surface area contributed by atoms with E-state index in [-0.39, 0.29) is 5.82 Å². The summed E-state index contributed by atoms with van der Waals surface area (Å²) in [5.41, 5.74) is 0.914. The number of rotatable bonds is 4. The minimum atomic E-state index is -0.306. The highest BCUT2D eigenvalue weighted by Crippen LogP contribution is 2.37. The molecule has 1 heterocycles. The van der Waals surface area contributed by atoms with Gasteiger partial charge in [-0.15, -0.1) is 0 Å². The van der Waals surface area contributed by atoms with E-state index in [1.54, 1.807) is 0 Å². The van der Waals surface area contributed by atoms with Gasteiger partial charge in [0.05, 0.1) is 10.7 Å². The number of benzene rings is 1. The molecule has 1 aromatic carbocycles. The summed E-state index contributed by atoms with van der Waals surface area (Å²) in [5, 5.41) is 3.85. The largest absolute Gasteiger partial charge is 0.369 e. The third-order valence-corrected chi connectivity index (χ3v) is 4.16. The molecular formula is C13H17BrClFN2. The van der Waals surface area contributed by atoms with E-state index in [9.17, 15) is 4.39 Å². The van der Waals surface area contributed by atoms with E-state index in [0.717, 1.165) is 42.8 Å². The van der Waals surface area contributed by atoms with Crippen LogP contribution in [0.2, 0.25) is 5.02 Å². The van der Waals surface area contributed by atoms with Gasteiger partial charge in [0.1, 0.15) is 5.82 Å². The molecule has 1 aliphatic heterocycles. The molecule has 1 fully saturated rings. The van der Waals surface area contributed by atoms with Gasteiger partial charge in [-0.2, -0.15) is 0 Å². The molecule has 0 spiro atoms. The fourth-order valence-corrected chi connectivity index (χ4v) is 3.51. The second kappa shape index (κ2) is 6.22. The molecule has 2 rings (SSSR count). The number of halogens is 3. The topological polar surface area (TPSA) is 15.3 Å². The molecule has 0 saturated carbocycles. The van der Waals surface area contributed by atoms with E-state index in [1.807, 2.05) is 0 Å². The van der Waals surface area contributed by atoms with Gasteiger partial charge in [0.2, 0.25) is 0 Å². The molecule has 0 amide bonds. The van der Waals surface area contributed by atoms with E-state index in [4.69, 9.17) is 11.6 Å². The molecule has 1 unspecified atom stereocenters. The predicted molar refractivity (Wildman–Crippen MR) is 78.0 cm³/mol. The van der Waals surface area contributed by atoms with Crippen molar-refractivity contribution in [1.82, 2.24) is 5.32 Å². The lowest BCUT2D eigenvalue weighted by Crippen LogP contribution is -2.26. The highest BCUT2D eigenvalue weighted by atomic mass is 79.9. The maximum absolute atomic E-state index is 13.2. The van der Waals surface area contributed by atoms with Crippen molar-refractivity contribution >= 4 is 33.2 Å². The first-order valence-electron chi connectivity index (χ1n) is 6.22. The van der Waals surface area contributed by atoms with Crippen LogP contribution in [0.25, 0.3) is 0 Å². The lowest BCUT2D eigenvalue weighted by atomic mass is 10.1. The maximum atomic E-state index is 13.2. The molecule has 0 bridgehead atoms. The van der Waals surface area contributed by atoms with E-state index in [2.05, 4.69) is 33.1 Å². The van der Waals surface area contributed by atoms with E-state index < -0.39 is 0 Å².